The van der Waals surface area contributed by atoms with Crippen LogP contribution in [-0.2, 0) is 9.59 Å². The summed E-state index contributed by atoms with van der Waals surface area (Å²) in [4.78, 5) is 34.7. The molecule has 2 amide bonds. The molecule has 0 saturated heterocycles. The summed E-state index contributed by atoms with van der Waals surface area (Å²) < 4.78 is 0. The number of Topliss-reactive ketones (excluding diaryl/α,β-unsaturated/α-hetero) is 1. The van der Waals surface area contributed by atoms with E-state index in [1.165, 1.54) is 6.92 Å². The summed E-state index contributed by atoms with van der Waals surface area (Å²) in [5.41, 5.74) is 2.53. The summed E-state index contributed by atoms with van der Waals surface area (Å²) in [5.74, 6) is -0.847. The van der Waals surface area contributed by atoms with Crippen LogP contribution in [0.2, 0.25) is 5.02 Å². The Balaban J connectivity index is 2.03. The molecule has 24 heavy (non-hydrogen) atoms. The normalized spacial score (nSPS) is 10.1. The van der Waals surface area contributed by atoms with Crippen molar-refractivity contribution in [2.45, 2.75) is 20.3 Å². The summed E-state index contributed by atoms with van der Waals surface area (Å²) in [5, 5.41) is 6.02. The number of benzene rings is 2. The second-order valence-electron chi connectivity index (χ2n) is 5.42. The second kappa shape index (κ2) is 7.75. The quantitative estimate of drug-likeness (QED) is 0.810. The van der Waals surface area contributed by atoms with Gasteiger partial charge in [-0.1, -0.05) is 11.6 Å². The average molecular weight is 345 g/mol. The molecule has 124 valence electrons. The molecule has 0 saturated carbocycles. The zero-order chi connectivity index (χ0) is 17.7. The highest BCUT2D eigenvalue weighted by atomic mass is 35.5. The van der Waals surface area contributed by atoms with Gasteiger partial charge in [-0.15, -0.1) is 0 Å². The van der Waals surface area contributed by atoms with Gasteiger partial charge in [0.1, 0.15) is 5.78 Å². The Kier molecular flexibility index (Phi) is 5.71. The predicted molar refractivity (Wildman–Crippen MR) is 94.5 cm³/mol. The van der Waals surface area contributed by atoms with Crippen molar-refractivity contribution in [2.75, 3.05) is 10.6 Å². The molecular formula is C18H17ClN2O3. The Hall–Kier alpha value is -2.66. The first-order chi connectivity index (χ1) is 11.3. The second-order valence-corrected chi connectivity index (χ2v) is 5.85. The number of hydrogen-bond acceptors (Lipinski definition) is 3. The van der Waals surface area contributed by atoms with Gasteiger partial charge in [-0.3, -0.25) is 14.4 Å². The highest BCUT2D eigenvalue weighted by Gasteiger charge is 2.09. The molecule has 2 aromatic rings. The Bertz CT molecular complexity index is 785. The molecule has 6 heteroatoms. The van der Waals surface area contributed by atoms with E-state index in [9.17, 15) is 14.4 Å². The van der Waals surface area contributed by atoms with Crippen LogP contribution in [0.1, 0.15) is 29.3 Å². The SMILES string of the molecule is CC(=O)CC(=O)Nc1ccc(C(=O)Nc2ccc(Cl)cc2C)cc1. The van der Waals surface area contributed by atoms with Crippen LogP contribution in [0, 0.1) is 6.92 Å². The van der Waals surface area contributed by atoms with Gasteiger partial charge in [-0.25, -0.2) is 0 Å². The smallest absolute Gasteiger partial charge is 0.255 e. The molecule has 5 nitrogen and oxygen atoms in total. The van der Waals surface area contributed by atoms with Crippen molar-refractivity contribution >= 4 is 40.6 Å². The van der Waals surface area contributed by atoms with E-state index in [1.807, 2.05) is 6.92 Å². The molecule has 2 N–H and O–H groups in total. The third-order valence-electron chi connectivity index (χ3n) is 3.28. The van der Waals surface area contributed by atoms with Crippen molar-refractivity contribution < 1.29 is 14.4 Å². The number of carbonyl (C=O) groups excluding carboxylic acids is 3. The molecule has 0 radical (unpaired) electrons. The largest absolute Gasteiger partial charge is 0.326 e. The topological polar surface area (TPSA) is 75.3 Å². The molecule has 0 fully saturated rings. The van der Waals surface area contributed by atoms with Gasteiger partial charge in [-0.2, -0.15) is 0 Å². The van der Waals surface area contributed by atoms with Gasteiger partial charge in [0.15, 0.2) is 0 Å². The van der Waals surface area contributed by atoms with Crippen LogP contribution >= 0.6 is 11.6 Å². The summed E-state index contributed by atoms with van der Waals surface area (Å²) >= 11 is 5.89. The lowest BCUT2D eigenvalue weighted by atomic mass is 10.1. The Morgan fingerprint density at radius 1 is 1.00 bits per heavy atom. The lowest BCUT2D eigenvalue weighted by molar-refractivity contribution is -0.124. The summed E-state index contributed by atoms with van der Waals surface area (Å²) in [6.45, 7) is 3.21. The third kappa shape index (κ3) is 4.93. The standard InChI is InChI=1S/C18H17ClN2O3/c1-11-9-14(19)5-8-16(11)21-18(24)13-3-6-15(7-4-13)20-17(23)10-12(2)22/h3-9H,10H2,1-2H3,(H,20,23)(H,21,24). The fourth-order valence-electron chi connectivity index (χ4n) is 2.10. The van der Waals surface area contributed by atoms with E-state index >= 15 is 0 Å². The lowest BCUT2D eigenvalue weighted by Gasteiger charge is -2.09. The van der Waals surface area contributed by atoms with Crippen molar-refractivity contribution in [3.63, 3.8) is 0 Å². The van der Waals surface area contributed by atoms with Gasteiger partial charge in [0.05, 0.1) is 6.42 Å². The number of rotatable bonds is 5. The van der Waals surface area contributed by atoms with Crippen LogP contribution < -0.4 is 10.6 Å². The van der Waals surface area contributed by atoms with Gasteiger partial charge >= 0.3 is 0 Å². The number of amides is 2. The van der Waals surface area contributed by atoms with Gasteiger partial charge in [0.2, 0.25) is 5.91 Å². The van der Waals surface area contributed by atoms with E-state index < -0.39 is 0 Å². The zero-order valence-corrected chi connectivity index (χ0v) is 14.1. The van der Waals surface area contributed by atoms with Crippen molar-refractivity contribution in [1.82, 2.24) is 0 Å². The molecule has 0 aliphatic carbocycles. The minimum atomic E-state index is -0.378. The Morgan fingerprint density at radius 3 is 2.25 bits per heavy atom. The number of halogens is 1. The van der Waals surface area contributed by atoms with Gasteiger partial charge in [0.25, 0.3) is 5.91 Å². The highest BCUT2D eigenvalue weighted by molar-refractivity contribution is 6.30. The predicted octanol–water partition coefficient (Wildman–Crippen LogP) is 3.82. The third-order valence-corrected chi connectivity index (χ3v) is 3.51. The summed E-state index contributed by atoms with van der Waals surface area (Å²) in [6.07, 6.45) is -0.169. The molecule has 0 aliphatic rings. The number of nitrogens with one attached hydrogen (secondary N) is 2. The maximum absolute atomic E-state index is 12.3. The van der Waals surface area contributed by atoms with E-state index in [4.69, 9.17) is 11.6 Å². The molecule has 0 spiro atoms. The molecule has 0 unspecified atom stereocenters. The average Bonchev–Trinajstić information content (AvgIpc) is 2.50. The summed E-state index contributed by atoms with van der Waals surface area (Å²) in [7, 11) is 0. The highest BCUT2D eigenvalue weighted by Crippen LogP contribution is 2.20. The van der Waals surface area contributed by atoms with Crippen molar-refractivity contribution in [3.8, 4) is 0 Å². The molecule has 0 bridgehead atoms. The molecule has 0 heterocycles. The number of anilines is 2. The molecule has 0 aromatic heterocycles. The monoisotopic (exact) mass is 344 g/mol. The van der Waals surface area contributed by atoms with Crippen LogP contribution in [0.4, 0.5) is 11.4 Å². The molecular weight excluding hydrogens is 328 g/mol. The number of carbonyl (C=O) groups is 3. The van der Waals surface area contributed by atoms with Crippen molar-refractivity contribution in [2.24, 2.45) is 0 Å². The number of ketones is 1. The number of hydrogen-bond donors (Lipinski definition) is 2. The lowest BCUT2D eigenvalue weighted by Crippen LogP contribution is -2.15. The summed E-state index contributed by atoms with van der Waals surface area (Å²) in [6, 6.07) is 11.6. The van der Waals surface area contributed by atoms with Crippen LogP contribution in [0.3, 0.4) is 0 Å². The maximum Gasteiger partial charge on any atom is 0.255 e. The minimum absolute atomic E-state index is 0.169. The van der Waals surface area contributed by atoms with Crippen LogP contribution in [-0.4, -0.2) is 17.6 Å². The fourth-order valence-corrected chi connectivity index (χ4v) is 2.32. The van der Waals surface area contributed by atoms with Gasteiger partial charge < -0.3 is 10.6 Å². The molecule has 2 rings (SSSR count). The molecule has 0 aliphatic heterocycles. The first-order valence-electron chi connectivity index (χ1n) is 7.32. The van der Waals surface area contributed by atoms with Gasteiger partial charge in [0, 0.05) is 22.0 Å². The van der Waals surface area contributed by atoms with Crippen LogP contribution in [0.5, 0.6) is 0 Å². The van der Waals surface area contributed by atoms with Crippen molar-refractivity contribution in [3.05, 3.63) is 58.6 Å². The van der Waals surface area contributed by atoms with E-state index in [0.717, 1.165) is 5.56 Å². The van der Waals surface area contributed by atoms with Crippen LogP contribution in [0.25, 0.3) is 0 Å². The van der Waals surface area contributed by atoms with E-state index in [1.54, 1.807) is 42.5 Å². The maximum atomic E-state index is 12.3. The van der Waals surface area contributed by atoms with Crippen molar-refractivity contribution in [1.29, 1.82) is 0 Å². The minimum Gasteiger partial charge on any atom is -0.326 e. The first kappa shape index (κ1) is 17.7. The zero-order valence-electron chi connectivity index (χ0n) is 13.4. The Morgan fingerprint density at radius 2 is 1.67 bits per heavy atom. The van der Waals surface area contributed by atoms with Gasteiger partial charge in [-0.05, 0) is 61.9 Å². The van der Waals surface area contributed by atoms with Crippen LogP contribution in [0.15, 0.2) is 42.5 Å². The first-order valence-corrected chi connectivity index (χ1v) is 7.70. The van der Waals surface area contributed by atoms with E-state index in [2.05, 4.69) is 10.6 Å². The molecule has 0 atom stereocenters. The Labute approximate surface area is 145 Å². The molecule has 2 aromatic carbocycles. The fraction of sp³-hybridized carbons (Fsp3) is 0.167. The number of aryl methyl sites for hydroxylation is 1. The van der Waals surface area contributed by atoms with E-state index in [-0.39, 0.29) is 24.0 Å². The van der Waals surface area contributed by atoms with E-state index in [0.29, 0.717) is 22.0 Å².